The third-order valence-electron chi connectivity index (χ3n) is 4.48. The number of nitriles is 1. The van der Waals surface area contributed by atoms with E-state index in [-0.39, 0.29) is 16.9 Å². The van der Waals surface area contributed by atoms with Crippen molar-refractivity contribution < 1.29 is 22.7 Å². The molecule has 0 bridgehead atoms. The van der Waals surface area contributed by atoms with Crippen molar-refractivity contribution in [1.29, 1.82) is 5.26 Å². The number of nitrogens with one attached hydrogen (secondary N) is 1. The fourth-order valence-corrected chi connectivity index (χ4v) is 3.22. The van der Waals surface area contributed by atoms with Gasteiger partial charge in [0.25, 0.3) is 0 Å². The maximum absolute atomic E-state index is 13.4. The van der Waals surface area contributed by atoms with Gasteiger partial charge in [0.15, 0.2) is 0 Å². The van der Waals surface area contributed by atoms with Gasteiger partial charge < -0.3 is 15.0 Å². The van der Waals surface area contributed by atoms with Gasteiger partial charge in [0.2, 0.25) is 5.91 Å². The molecular formula is C24H28F3N3O2. The summed E-state index contributed by atoms with van der Waals surface area (Å²) < 4.78 is 45.9. The molecule has 0 spiro atoms. The summed E-state index contributed by atoms with van der Waals surface area (Å²) in [6, 6.07) is 12.4. The van der Waals surface area contributed by atoms with E-state index in [0.29, 0.717) is 43.2 Å². The van der Waals surface area contributed by atoms with Crippen molar-refractivity contribution in [3.8, 4) is 11.8 Å². The van der Waals surface area contributed by atoms with Gasteiger partial charge in [0.05, 0.1) is 23.8 Å². The molecule has 0 aromatic heterocycles. The van der Waals surface area contributed by atoms with Crippen LogP contribution in [0.1, 0.15) is 45.2 Å². The van der Waals surface area contributed by atoms with Crippen molar-refractivity contribution in [2.45, 2.75) is 40.3 Å². The van der Waals surface area contributed by atoms with Crippen LogP contribution in [0.25, 0.3) is 0 Å². The molecule has 0 heterocycles. The summed E-state index contributed by atoms with van der Waals surface area (Å²) in [6.45, 7) is 8.89. The van der Waals surface area contributed by atoms with Gasteiger partial charge in [-0.25, -0.2) is 0 Å². The van der Waals surface area contributed by atoms with Crippen molar-refractivity contribution in [3.63, 3.8) is 0 Å². The minimum absolute atomic E-state index is 0.146. The number of halogens is 3. The van der Waals surface area contributed by atoms with Crippen LogP contribution in [0.5, 0.6) is 5.75 Å². The van der Waals surface area contributed by atoms with Gasteiger partial charge in [-0.1, -0.05) is 20.8 Å². The van der Waals surface area contributed by atoms with Gasteiger partial charge in [-0.05, 0) is 54.3 Å². The first kappa shape index (κ1) is 25.1. The molecule has 2 aromatic rings. The van der Waals surface area contributed by atoms with Crippen molar-refractivity contribution in [2.75, 3.05) is 29.9 Å². The van der Waals surface area contributed by atoms with Gasteiger partial charge in [-0.2, -0.15) is 18.4 Å². The van der Waals surface area contributed by atoms with Crippen molar-refractivity contribution in [2.24, 2.45) is 5.41 Å². The molecule has 0 saturated carbocycles. The highest BCUT2D eigenvalue weighted by molar-refractivity contribution is 5.88. The summed E-state index contributed by atoms with van der Waals surface area (Å²) in [5.74, 6) is 0.480. The smallest absolute Gasteiger partial charge is 0.417 e. The topological polar surface area (TPSA) is 65.4 Å². The fourth-order valence-electron chi connectivity index (χ4n) is 3.22. The Hall–Kier alpha value is -3.21. The number of hydrogen-bond acceptors (Lipinski definition) is 4. The first-order valence-corrected chi connectivity index (χ1v) is 10.3. The van der Waals surface area contributed by atoms with Crippen LogP contribution in [0, 0.1) is 16.7 Å². The number of carbonyl (C=O) groups is 1. The third kappa shape index (κ3) is 7.80. The normalized spacial score (nSPS) is 11.6. The first-order valence-electron chi connectivity index (χ1n) is 10.3. The van der Waals surface area contributed by atoms with Crippen LogP contribution in [-0.2, 0) is 11.0 Å². The van der Waals surface area contributed by atoms with Crippen molar-refractivity contribution in [1.82, 2.24) is 0 Å². The number of hydrogen-bond donors (Lipinski definition) is 1. The van der Waals surface area contributed by atoms with Crippen LogP contribution in [-0.4, -0.2) is 25.6 Å². The van der Waals surface area contributed by atoms with E-state index >= 15 is 0 Å². The van der Waals surface area contributed by atoms with Crippen molar-refractivity contribution >= 4 is 17.3 Å². The molecule has 0 aliphatic heterocycles. The lowest BCUT2D eigenvalue weighted by atomic mass is 9.95. The molecule has 0 unspecified atom stereocenters. The highest BCUT2D eigenvalue weighted by Crippen LogP contribution is 2.35. The zero-order valence-corrected chi connectivity index (χ0v) is 18.7. The second-order valence-corrected chi connectivity index (χ2v) is 8.73. The van der Waals surface area contributed by atoms with E-state index in [4.69, 9.17) is 10.00 Å². The second-order valence-electron chi connectivity index (χ2n) is 8.73. The number of ether oxygens (including phenoxy) is 1. The summed E-state index contributed by atoms with van der Waals surface area (Å²) in [7, 11) is 0. The lowest BCUT2D eigenvalue weighted by molar-refractivity contribution is -0.137. The molecule has 0 radical (unpaired) electrons. The number of alkyl halides is 3. The van der Waals surface area contributed by atoms with Gasteiger partial charge >= 0.3 is 6.18 Å². The second kappa shape index (κ2) is 10.4. The van der Waals surface area contributed by atoms with Crippen LogP contribution in [0.15, 0.2) is 42.5 Å². The van der Waals surface area contributed by atoms with Crippen LogP contribution < -0.4 is 15.0 Å². The Bertz CT molecular complexity index is 958. The molecule has 0 fully saturated rings. The Balaban J connectivity index is 2.07. The number of carbonyl (C=O) groups excluding carboxylic acids is 1. The maximum Gasteiger partial charge on any atom is 0.417 e. The first-order chi connectivity index (χ1) is 14.9. The van der Waals surface area contributed by atoms with E-state index in [1.807, 2.05) is 25.7 Å². The van der Waals surface area contributed by atoms with Crippen LogP contribution in [0.2, 0.25) is 0 Å². The summed E-state index contributed by atoms with van der Waals surface area (Å²) >= 11 is 0. The lowest BCUT2D eigenvalue weighted by Crippen LogP contribution is -2.34. The molecule has 32 heavy (non-hydrogen) atoms. The van der Waals surface area contributed by atoms with Gasteiger partial charge in [-0.15, -0.1) is 0 Å². The summed E-state index contributed by atoms with van der Waals surface area (Å²) in [6.07, 6.45) is -4.01. The van der Waals surface area contributed by atoms with Gasteiger partial charge in [0.1, 0.15) is 5.75 Å². The van der Waals surface area contributed by atoms with E-state index in [0.717, 1.165) is 6.07 Å². The lowest BCUT2D eigenvalue weighted by Gasteiger charge is -2.32. The average molecular weight is 448 g/mol. The molecule has 8 heteroatoms. The monoisotopic (exact) mass is 447 g/mol. The quantitative estimate of drug-likeness (QED) is 0.515. The Kier molecular flexibility index (Phi) is 8.14. The van der Waals surface area contributed by atoms with E-state index in [1.54, 1.807) is 36.4 Å². The standard InChI is InChI=1S/C24H28F3N3O2/c1-17(31)29-19-7-10-21(11-8-19)32-13-5-12-30(16-23(2,3)4)20-9-6-18(15-28)22(14-20)24(25,26)27/h6-11,14H,5,12-13,16H2,1-4H3,(H,29,31). The maximum atomic E-state index is 13.4. The predicted octanol–water partition coefficient (Wildman–Crippen LogP) is 5.86. The number of amides is 1. The summed E-state index contributed by atoms with van der Waals surface area (Å²) in [4.78, 5) is 13.0. The third-order valence-corrected chi connectivity index (χ3v) is 4.48. The molecule has 2 aromatic carbocycles. The number of benzene rings is 2. The summed E-state index contributed by atoms with van der Waals surface area (Å²) in [5, 5.41) is 11.7. The minimum atomic E-state index is -4.60. The Morgan fingerprint density at radius 2 is 1.78 bits per heavy atom. The molecule has 5 nitrogen and oxygen atoms in total. The van der Waals surface area contributed by atoms with Crippen molar-refractivity contribution in [3.05, 3.63) is 53.6 Å². The van der Waals surface area contributed by atoms with Crippen LogP contribution >= 0.6 is 0 Å². The molecule has 2 rings (SSSR count). The van der Waals surface area contributed by atoms with E-state index in [9.17, 15) is 18.0 Å². The molecule has 0 aliphatic carbocycles. The zero-order chi connectivity index (χ0) is 23.9. The molecule has 0 saturated heterocycles. The molecular weight excluding hydrogens is 419 g/mol. The van der Waals surface area contributed by atoms with E-state index in [1.165, 1.54) is 13.0 Å². The highest BCUT2D eigenvalue weighted by atomic mass is 19.4. The molecule has 0 atom stereocenters. The van der Waals surface area contributed by atoms with E-state index in [2.05, 4.69) is 5.32 Å². The Morgan fingerprint density at radius 1 is 1.12 bits per heavy atom. The predicted molar refractivity (Wildman–Crippen MR) is 119 cm³/mol. The highest BCUT2D eigenvalue weighted by Gasteiger charge is 2.34. The van der Waals surface area contributed by atoms with Gasteiger partial charge in [-0.3, -0.25) is 4.79 Å². The number of anilines is 2. The Morgan fingerprint density at radius 3 is 2.31 bits per heavy atom. The van der Waals surface area contributed by atoms with Crippen LogP contribution in [0.4, 0.5) is 24.5 Å². The average Bonchev–Trinajstić information content (AvgIpc) is 2.69. The summed E-state index contributed by atoms with van der Waals surface area (Å²) in [5.41, 5.74) is -0.365. The van der Waals surface area contributed by atoms with Gasteiger partial charge in [0, 0.05) is 31.4 Å². The van der Waals surface area contributed by atoms with Crippen LogP contribution in [0.3, 0.4) is 0 Å². The number of nitrogens with zero attached hydrogens (tertiary/aromatic N) is 2. The molecule has 1 N–H and O–H groups in total. The van der Waals surface area contributed by atoms with E-state index < -0.39 is 11.7 Å². The fraction of sp³-hybridized carbons (Fsp3) is 0.417. The molecule has 0 aliphatic rings. The number of rotatable bonds is 8. The molecule has 1 amide bonds. The SMILES string of the molecule is CC(=O)Nc1ccc(OCCCN(CC(C)(C)C)c2ccc(C#N)c(C(F)(F)F)c2)cc1. The largest absolute Gasteiger partial charge is 0.494 e. The molecule has 172 valence electrons. The zero-order valence-electron chi connectivity index (χ0n) is 18.7. The minimum Gasteiger partial charge on any atom is -0.494 e. The Labute approximate surface area is 186 Å².